The number of benzene rings is 2. The van der Waals surface area contributed by atoms with Gasteiger partial charge in [0.1, 0.15) is 17.1 Å². The SMILES string of the molecule is Cn1c(-c2ccc(N)cc2O)nc2c(F)cccc21. The van der Waals surface area contributed by atoms with Gasteiger partial charge in [-0.1, -0.05) is 6.07 Å². The van der Waals surface area contributed by atoms with Gasteiger partial charge in [-0.05, 0) is 24.3 Å². The van der Waals surface area contributed by atoms with Crippen LogP contribution in [0.4, 0.5) is 10.1 Å². The van der Waals surface area contributed by atoms with Crippen molar-refractivity contribution in [3.8, 4) is 17.1 Å². The molecule has 0 saturated carbocycles. The fourth-order valence-electron chi connectivity index (χ4n) is 2.16. The third kappa shape index (κ3) is 1.71. The van der Waals surface area contributed by atoms with Gasteiger partial charge in [0.2, 0.25) is 0 Å². The van der Waals surface area contributed by atoms with Crippen LogP contribution in [0.5, 0.6) is 5.75 Å². The van der Waals surface area contributed by atoms with E-state index in [0.717, 1.165) is 0 Å². The van der Waals surface area contributed by atoms with Crippen molar-refractivity contribution in [3.63, 3.8) is 0 Å². The van der Waals surface area contributed by atoms with E-state index < -0.39 is 0 Å². The Labute approximate surface area is 108 Å². The van der Waals surface area contributed by atoms with Gasteiger partial charge in [0.15, 0.2) is 5.82 Å². The molecule has 3 N–H and O–H groups in total. The van der Waals surface area contributed by atoms with E-state index in [2.05, 4.69) is 4.98 Å². The second kappa shape index (κ2) is 3.98. The molecule has 0 amide bonds. The van der Waals surface area contributed by atoms with Crippen molar-refractivity contribution in [1.82, 2.24) is 9.55 Å². The van der Waals surface area contributed by atoms with Gasteiger partial charge in [-0.15, -0.1) is 0 Å². The van der Waals surface area contributed by atoms with Crippen molar-refractivity contribution in [2.24, 2.45) is 7.05 Å². The summed E-state index contributed by atoms with van der Waals surface area (Å²) in [4.78, 5) is 4.26. The van der Waals surface area contributed by atoms with Gasteiger partial charge in [0, 0.05) is 18.8 Å². The molecular weight excluding hydrogens is 245 g/mol. The molecule has 0 unspecified atom stereocenters. The van der Waals surface area contributed by atoms with Crippen molar-refractivity contribution in [2.75, 3.05) is 5.73 Å². The van der Waals surface area contributed by atoms with Crippen LogP contribution in [0.25, 0.3) is 22.4 Å². The van der Waals surface area contributed by atoms with Gasteiger partial charge < -0.3 is 15.4 Å². The highest BCUT2D eigenvalue weighted by Gasteiger charge is 2.15. The lowest BCUT2D eigenvalue weighted by Gasteiger charge is -2.05. The Hall–Kier alpha value is -2.56. The van der Waals surface area contributed by atoms with Gasteiger partial charge in [0.25, 0.3) is 0 Å². The van der Waals surface area contributed by atoms with Gasteiger partial charge in [-0.25, -0.2) is 9.37 Å². The van der Waals surface area contributed by atoms with Crippen molar-refractivity contribution >= 4 is 16.7 Å². The smallest absolute Gasteiger partial charge is 0.151 e. The maximum absolute atomic E-state index is 13.7. The minimum Gasteiger partial charge on any atom is -0.507 e. The number of para-hydroxylation sites is 1. The minimum absolute atomic E-state index is 0.0267. The van der Waals surface area contributed by atoms with E-state index in [9.17, 15) is 9.50 Å². The van der Waals surface area contributed by atoms with Crippen molar-refractivity contribution in [1.29, 1.82) is 0 Å². The molecule has 0 atom stereocenters. The molecule has 2 aromatic carbocycles. The van der Waals surface area contributed by atoms with E-state index in [1.54, 1.807) is 35.9 Å². The number of phenols is 1. The molecule has 0 bridgehead atoms. The molecule has 0 aliphatic rings. The Bertz CT molecular complexity index is 780. The molecule has 96 valence electrons. The third-order valence-corrected chi connectivity index (χ3v) is 3.12. The molecule has 0 radical (unpaired) electrons. The van der Waals surface area contributed by atoms with Gasteiger partial charge in [0.05, 0.1) is 11.1 Å². The Kier molecular flexibility index (Phi) is 2.41. The van der Waals surface area contributed by atoms with E-state index in [0.29, 0.717) is 22.6 Å². The summed E-state index contributed by atoms with van der Waals surface area (Å²) in [6, 6.07) is 9.57. The monoisotopic (exact) mass is 257 g/mol. The fourth-order valence-corrected chi connectivity index (χ4v) is 2.16. The zero-order chi connectivity index (χ0) is 13.6. The van der Waals surface area contributed by atoms with Gasteiger partial charge in [-0.3, -0.25) is 0 Å². The van der Waals surface area contributed by atoms with Crippen LogP contribution in [-0.2, 0) is 7.05 Å². The number of hydrogen-bond donors (Lipinski definition) is 2. The number of nitrogens with zero attached hydrogens (tertiary/aromatic N) is 2. The lowest BCUT2D eigenvalue weighted by molar-refractivity contribution is 0.477. The Morgan fingerprint density at radius 1 is 1.26 bits per heavy atom. The first-order valence-electron chi connectivity index (χ1n) is 5.77. The summed E-state index contributed by atoms with van der Waals surface area (Å²) in [5.74, 6) is 0.144. The third-order valence-electron chi connectivity index (χ3n) is 3.12. The number of rotatable bonds is 1. The molecule has 0 fully saturated rings. The number of aryl methyl sites for hydroxylation is 1. The van der Waals surface area contributed by atoms with Crippen molar-refractivity contribution in [2.45, 2.75) is 0 Å². The minimum atomic E-state index is -0.380. The number of imidazole rings is 1. The highest BCUT2D eigenvalue weighted by molar-refractivity contribution is 5.82. The van der Waals surface area contributed by atoms with Crippen LogP contribution in [-0.4, -0.2) is 14.7 Å². The fraction of sp³-hybridized carbons (Fsp3) is 0.0714. The number of phenolic OH excluding ortho intramolecular Hbond substituents is 1. The number of aromatic hydroxyl groups is 1. The highest BCUT2D eigenvalue weighted by Crippen LogP contribution is 2.32. The van der Waals surface area contributed by atoms with Crippen LogP contribution in [0.1, 0.15) is 0 Å². The number of halogens is 1. The summed E-state index contributed by atoms with van der Waals surface area (Å²) in [7, 11) is 1.78. The first-order valence-corrected chi connectivity index (χ1v) is 5.77. The molecule has 1 aromatic heterocycles. The molecule has 4 nitrogen and oxygen atoms in total. The summed E-state index contributed by atoms with van der Waals surface area (Å²) in [6.07, 6.45) is 0. The zero-order valence-corrected chi connectivity index (χ0v) is 10.3. The predicted octanol–water partition coefficient (Wildman–Crippen LogP) is 2.67. The number of aromatic nitrogens is 2. The standard InChI is InChI=1S/C14H12FN3O/c1-18-11-4-2-3-10(15)13(11)17-14(18)9-6-5-8(16)7-12(9)19/h2-7,19H,16H2,1H3. The molecule has 1 heterocycles. The van der Waals surface area contributed by atoms with Gasteiger partial charge in [-0.2, -0.15) is 0 Å². The van der Waals surface area contributed by atoms with Crippen LogP contribution >= 0.6 is 0 Å². The summed E-state index contributed by atoms with van der Waals surface area (Å²) in [5.41, 5.74) is 7.54. The number of fused-ring (bicyclic) bond motifs is 1. The summed E-state index contributed by atoms with van der Waals surface area (Å²) < 4.78 is 15.4. The highest BCUT2D eigenvalue weighted by atomic mass is 19.1. The molecule has 19 heavy (non-hydrogen) atoms. The molecular formula is C14H12FN3O. The Morgan fingerprint density at radius 3 is 2.74 bits per heavy atom. The molecule has 3 rings (SSSR count). The van der Waals surface area contributed by atoms with E-state index in [4.69, 9.17) is 5.73 Å². The molecule has 0 spiro atoms. The molecule has 3 aromatic rings. The predicted molar refractivity (Wildman–Crippen MR) is 72.2 cm³/mol. The number of nitrogen functional groups attached to an aromatic ring is 1. The normalized spacial score (nSPS) is 11.1. The zero-order valence-electron chi connectivity index (χ0n) is 10.3. The first kappa shape index (κ1) is 11.5. The summed E-state index contributed by atoms with van der Waals surface area (Å²) >= 11 is 0. The van der Waals surface area contributed by atoms with Gasteiger partial charge >= 0.3 is 0 Å². The molecule has 0 saturated heterocycles. The van der Waals surface area contributed by atoms with Crippen molar-refractivity contribution < 1.29 is 9.50 Å². The Balaban J connectivity index is 2.31. The molecule has 0 aliphatic heterocycles. The molecule has 5 heteroatoms. The Morgan fingerprint density at radius 2 is 2.05 bits per heavy atom. The van der Waals surface area contributed by atoms with Crippen LogP contribution in [0.3, 0.4) is 0 Å². The van der Waals surface area contributed by atoms with E-state index in [-0.39, 0.29) is 17.1 Å². The van der Waals surface area contributed by atoms with E-state index in [1.165, 1.54) is 12.1 Å². The van der Waals surface area contributed by atoms with Crippen molar-refractivity contribution in [3.05, 3.63) is 42.2 Å². The quantitative estimate of drug-likeness (QED) is 0.659. The van der Waals surface area contributed by atoms with Crippen LogP contribution < -0.4 is 5.73 Å². The maximum Gasteiger partial charge on any atom is 0.151 e. The van der Waals surface area contributed by atoms with Crippen LogP contribution in [0, 0.1) is 5.82 Å². The molecule has 0 aliphatic carbocycles. The number of anilines is 1. The maximum atomic E-state index is 13.7. The second-order valence-electron chi connectivity index (χ2n) is 4.38. The number of hydrogen-bond acceptors (Lipinski definition) is 3. The van der Waals surface area contributed by atoms with E-state index >= 15 is 0 Å². The lowest BCUT2D eigenvalue weighted by Crippen LogP contribution is -1.93. The first-order chi connectivity index (χ1) is 9.08. The lowest BCUT2D eigenvalue weighted by atomic mass is 10.1. The topological polar surface area (TPSA) is 64.1 Å². The largest absolute Gasteiger partial charge is 0.507 e. The average Bonchev–Trinajstić information content (AvgIpc) is 2.69. The number of nitrogens with two attached hydrogens (primary N) is 1. The van der Waals surface area contributed by atoms with Crippen LogP contribution in [0.2, 0.25) is 0 Å². The second-order valence-corrected chi connectivity index (χ2v) is 4.38. The van der Waals surface area contributed by atoms with E-state index in [1.807, 2.05) is 0 Å². The van der Waals surface area contributed by atoms with Crippen LogP contribution in [0.15, 0.2) is 36.4 Å². The summed E-state index contributed by atoms with van der Waals surface area (Å²) in [6.45, 7) is 0. The summed E-state index contributed by atoms with van der Waals surface area (Å²) in [5, 5.41) is 9.94. The average molecular weight is 257 g/mol.